The molecule has 0 bridgehead atoms. The van der Waals surface area contributed by atoms with Crippen molar-refractivity contribution in [2.75, 3.05) is 33.4 Å². The molecule has 0 aromatic heterocycles. The van der Waals surface area contributed by atoms with E-state index in [-0.39, 0.29) is 11.7 Å². The first-order valence-electron chi connectivity index (χ1n) is 8.31. The van der Waals surface area contributed by atoms with Gasteiger partial charge in [0.15, 0.2) is 0 Å². The van der Waals surface area contributed by atoms with Gasteiger partial charge in [-0.05, 0) is 19.4 Å². The smallest absolute Gasteiger partial charge is 0.217 e. The highest BCUT2D eigenvalue weighted by molar-refractivity contribution is 5.73. The van der Waals surface area contributed by atoms with Gasteiger partial charge in [-0.15, -0.1) is 0 Å². The molecule has 5 N–H and O–H groups in total. The number of allylic oxidation sites excluding steroid dienone is 4. The van der Waals surface area contributed by atoms with E-state index in [4.69, 9.17) is 10.5 Å². The van der Waals surface area contributed by atoms with Crippen molar-refractivity contribution in [2.24, 2.45) is 5.73 Å². The standard InChI is InChI=1S/C13H21FN2O.C5H10N2O/c1-3-17-8-7-16-13-6-4-5-12(15-2)9-11(14)10-13;1-4(6)3-7-5(2)8/h5-6,9,15-16H,3-4,7-8,10H2,1-2H3;1,3,6H2,2H3,(H,7,8)/b11-9+,12-5?,13-6+;. The average molecular weight is 354 g/mol. The number of halogens is 1. The van der Waals surface area contributed by atoms with Gasteiger partial charge in [-0.2, -0.15) is 0 Å². The van der Waals surface area contributed by atoms with E-state index in [0.29, 0.717) is 31.9 Å². The number of hydrogen-bond acceptors (Lipinski definition) is 5. The number of carbonyl (C=O) groups excluding carboxylic acids is 1. The molecule has 6 nitrogen and oxygen atoms in total. The maximum atomic E-state index is 13.6. The van der Waals surface area contributed by atoms with E-state index in [0.717, 1.165) is 24.4 Å². The summed E-state index contributed by atoms with van der Waals surface area (Å²) in [5, 5.41) is 8.63. The number of likely N-dealkylation sites (N-methyl/N-ethyl adjacent to an activating group) is 1. The van der Waals surface area contributed by atoms with E-state index in [1.165, 1.54) is 13.0 Å². The van der Waals surface area contributed by atoms with Gasteiger partial charge in [0.2, 0.25) is 5.91 Å². The van der Waals surface area contributed by atoms with Gasteiger partial charge in [0.05, 0.1) is 13.2 Å². The molecule has 0 heterocycles. The van der Waals surface area contributed by atoms with Crippen LogP contribution in [-0.4, -0.2) is 39.3 Å². The maximum absolute atomic E-state index is 13.6. The van der Waals surface area contributed by atoms with Crippen LogP contribution in [0.3, 0.4) is 0 Å². The van der Waals surface area contributed by atoms with Crippen molar-refractivity contribution in [2.45, 2.75) is 26.7 Å². The summed E-state index contributed by atoms with van der Waals surface area (Å²) in [7, 11) is 1.79. The third-order valence-corrected chi connectivity index (χ3v) is 3.03. The Kier molecular flexibility index (Phi) is 12.8. The molecule has 0 saturated heterocycles. The largest absolute Gasteiger partial charge is 0.401 e. The summed E-state index contributed by atoms with van der Waals surface area (Å²) in [6.07, 6.45) is 6.64. The molecule has 1 aliphatic rings. The van der Waals surface area contributed by atoms with Crippen molar-refractivity contribution in [1.82, 2.24) is 16.0 Å². The van der Waals surface area contributed by atoms with Crippen molar-refractivity contribution < 1.29 is 13.9 Å². The number of ether oxygens (including phenoxy) is 1. The predicted molar refractivity (Wildman–Crippen MR) is 100 cm³/mol. The molecule has 0 aromatic rings. The molecule has 1 amide bonds. The normalized spacial score (nSPS) is 17.8. The van der Waals surface area contributed by atoms with Gasteiger partial charge in [-0.1, -0.05) is 18.7 Å². The number of carbonyl (C=O) groups is 1. The van der Waals surface area contributed by atoms with E-state index in [9.17, 15) is 9.18 Å². The van der Waals surface area contributed by atoms with Gasteiger partial charge in [0.1, 0.15) is 5.83 Å². The molecule has 1 aliphatic carbocycles. The fourth-order valence-corrected chi connectivity index (χ4v) is 1.84. The summed E-state index contributed by atoms with van der Waals surface area (Å²) < 4.78 is 18.8. The van der Waals surface area contributed by atoms with Crippen LogP contribution in [0.5, 0.6) is 0 Å². The summed E-state index contributed by atoms with van der Waals surface area (Å²) in [5.41, 5.74) is 7.35. The van der Waals surface area contributed by atoms with Gasteiger partial charge < -0.3 is 26.4 Å². The van der Waals surface area contributed by atoms with E-state index in [2.05, 4.69) is 22.5 Å². The van der Waals surface area contributed by atoms with Crippen LogP contribution in [0.15, 0.2) is 47.7 Å². The monoisotopic (exact) mass is 354 g/mol. The second-order valence-electron chi connectivity index (χ2n) is 5.33. The molecule has 0 atom stereocenters. The van der Waals surface area contributed by atoms with Gasteiger partial charge in [0, 0.05) is 50.6 Å². The van der Waals surface area contributed by atoms with E-state index < -0.39 is 0 Å². The molecule has 25 heavy (non-hydrogen) atoms. The SMILES string of the molecule is C=C(N)CNC(C)=O.CCOCCN/C1=C/CC=C(NC)/C=C(/F)C1. The molecule has 0 spiro atoms. The zero-order valence-corrected chi connectivity index (χ0v) is 15.5. The van der Waals surface area contributed by atoms with Crippen molar-refractivity contribution in [3.05, 3.63) is 47.7 Å². The minimum Gasteiger partial charge on any atom is -0.401 e. The fourth-order valence-electron chi connectivity index (χ4n) is 1.84. The van der Waals surface area contributed by atoms with E-state index in [1.54, 1.807) is 7.05 Å². The van der Waals surface area contributed by atoms with Crippen LogP contribution in [0.1, 0.15) is 26.7 Å². The lowest BCUT2D eigenvalue weighted by molar-refractivity contribution is -0.118. The fraction of sp³-hybridized carbons (Fsp3) is 0.500. The summed E-state index contributed by atoms with van der Waals surface area (Å²) in [6, 6.07) is 0. The van der Waals surface area contributed by atoms with E-state index >= 15 is 0 Å². The Hall–Kier alpha value is -2.28. The molecular formula is C18H31FN4O2. The van der Waals surface area contributed by atoms with Gasteiger partial charge in [-0.3, -0.25) is 4.79 Å². The molecular weight excluding hydrogens is 323 g/mol. The third kappa shape index (κ3) is 13.8. The average Bonchev–Trinajstić information content (AvgIpc) is 2.54. The minimum absolute atomic E-state index is 0.0865. The van der Waals surface area contributed by atoms with Crippen LogP contribution >= 0.6 is 0 Å². The lowest BCUT2D eigenvalue weighted by Gasteiger charge is -2.12. The topological polar surface area (TPSA) is 88.4 Å². The Balaban J connectivity index is 0.000000609. The molecule has 0 unspecified atom stereocenters. The number of hydrogen-bond donors (Lipinski definition) is 4. The first-order chi connectivity index (χ1) is 11.9. The Labute approximate surface area is 150 Å². The van der Waals surface area contributed by atoms with Crippen molar-refractivity contribution in [3.8, 4) is 0 Å². The number of nitrogens with one attached hydrogen (secondary N) is 3. The number of rotatable bonds is 8. The molecule has 0 radical (unpaired) electrons. The van der Waals surface area contributed by atoms with Gasteiger partial charge >= 0.3 is 0 Å². The third-order valence-electron chi connectivity index (χ3n) is 3.03. The maximum Gasteiger partial charge on any atom is 0.217 e. The zero-order chi connectivity index (χ0) is 19.1. The second-order valence-corrected chi connectivity index (χ2v) is 5.33. The highest BCUT2D eigenvalue weighted by Gasteiger charge is 2.05. The lowest BCUT2D eigenvalue weighted by atomic mass is 10.1. The lowest BCUT2D eigenvalue weighted by Crippen LogP contribution is -2.24. The summed E-state index contributed by atoms with van der Waals surface area (Å²) in [5.74, 6) is -0.225. The van der Waals surface area contributed by atoms with Crippen molar-refractivity contribution >= 4 is 5.91 Å². The summed E-state index contributed by atoms with van der Waals surface area (Å²) >= 11 is 0. The van der Waals surface area contributed by atoms with Crippen molar-refractivity contribution in [3.63, 3.8) is 0 Å². The van der Waals surface area contributed by atoms with Crippen LogP contribution in [0.25, 0.3) is 0 Å². The number of nitrogens with two attached hydrogens (primary N) is 1. The van der Waals surface area contributed by atoms with Crippen LogP contribution in [-0.2, 0) is 9.53 Å². The predicted octanol–water partition coefficient (Wildman–Crippen LogP) is 1.84. The highest BCUT2D eigenvalue weighted by atomic mass is 19.1. The molecule has 0 aliphatic heterocycles. The molecule has 7 heteroatoms. The van der Waals surface area contributed by atoms with Crippen LogP contribution in [0.4, 0.5) is 4.39 Å². The number of amides is 1. The van der Waals surface area contributed by atoms with Crippen LogP contribution < -0.4 is 21.7 Å². The molecule has 0 aromatic carbocycles. The Morgan fingerprint density at radius 3 is 2.68 bits per heavy atom. The summed E-state index contributed by atoms with van der Waals surface area (Å²) in [4.78, 5) is 10.1. The Morgan fingerprint density at radius 1 is 1.44 bits per heavy atom. The quantitative estimate of drug-likeness (QED) is 0.500. The summed E-state index contributed by atoms with van der Waals surface area (Å²) in [6.45, 7) is 9.23. The first kappa shape index (κ1) is 22.7. The van der Waals surface area contributed by atoms with Gasteiger partial charge in [0.25, 0.3) is 0 Å². The Morgan fingerprint density at radius 2 is 2.16 bits per heavy atom. The van der Waals surface area contributed by atoms with Gasteiger partial charge in [-0.25, -0.2) is 4.39 Å². The minimum atomic E-state index is -0.138. The second kappa shape index (κ2) is 14.1. The van der Waals surface area contributed by atoms with Crippen molar-refractivity contribution in [1.29, 1.82) is 0 Å². The molecule has 142 valence electrons. The molecule has 1 rings (SSSR count). The zero-order valence-electron chi connectivity index (χ0n) is 15.5. The van der Waals surface area contributed by atoms with Crippen LogP contribution in [0.2, 0.25) is 0 Å². The highest BCUT2D eigenvalue weighted by Crippen LogP contribution is 2.16. The Bertz CT molecular complexity index is 499. The van der Waals surface area contributed by atoms with E-state index in [1.807, 2.05) is 19.1 Å². The first-order valence-corrected chi connectivity index (χ1v) is 8.31. The molecule has 0 saturated carbocycles. The van der Waals surface area contributed by atoms with Crippen LogP contribution in [0, 0.1) is 0 Å². The molecule has 0 fully saturated rings.